The molecule has 2 aromatic carbocycles. The Kier molecular flexibility index (Phi) is 9.62. The minimum atomic E-state index is -4.80. The van der Waals surface area contributed by atoms with Crippen LogP contribution in [-0.2, 0) is 0 Å². The number of ether oxygens (including phenoxy) is 1. The van der Waals surface area contributed by atoms with Crippen LogP contribution in [0.1, 0.15) is 17.2 Å². The molecule has 2 aromatic rings. The van der Waals surface area contributed by atoms with E-state index >= 15 is 0 Å². The van der Waals surface area contributed by atoms with Crippen molar-refractivity contribution in [1.29, 1.82) is 0 Å². The van der Waals surface area contributed by atoms with Gasteiger partial charge >= 0.3 is 6.36 Å². The van der Waals surface area contributed by atoms with Crippen molar-refractivity contribution in [2.45, 2.75) is 12.4 Å². The SMILES string of the molecule is Cl.Cl.Fc1ccc(Br)c(F)c1[C@H](c1ccc(OC(F)(F)F)cc1)N1CCNCC1. The molecule has 1 aliphatic heterocycles. The highest BCUT2D eigenvalue weighted by Crippen LogP contribution is 2.36. The van der Waals surface area contributed by atoms with E-state index < -0.39 is 24.0 Å². The molecule has 0 aliphatic carbocycles. The van der Waals surface area contributed by atoms with Gasteiger partial charge in [0.05, 0.1) is 10.5 Å². The van der Waals surface area contributed by atoms with Crippen LogP contribution in [0.3, 0.4) is 0 Å². The second-order valence-electron chi connectivity index (χ2n) is 6.06. The summed E-state index contributed by atoms with van der Waals surface area (Å²) < 4.78 is 70.4. The summed E-state index contributed by atoms with van der Waals surface area (Å²) in [6.45, 7) is 2.36. The van der Waals surface area contributed by atoms with Crippen LogP contribution in [0, 0.1) is 11.6 Å². The van der Waals surface area contributed by atoms with Crippen LogP contribution < -0.4 is 10.1 Å². The van der Waals surface area contributed by atoms with Gasteiger partial charge in [-0.1, -0.05) is 12.1 Å². The van der Waals surface area contributed by atoms with E-state index in [4.69, 9.17) is 0 Å². The molecule has 29 heavy (non-hydrogen) atoms. The van der Waals surface area contributed by atoms with Crippen molar-refractivity contribution in [3.8, 4) is 5.75 Å². The lowest BCUT2D eigenvalue weighted by atomic mass is 9.95. The van der Waals surface area contributed by atoms with Gasteiger partial charge in [-0.15, -0.1) is 38.0 Å². The first-order chi connectivity index (χ1) is 12.8. The molecule has 3 nitrogen and oxygen atoms in total. The van der Waals surface area contributed by atoms with Crippen molar-refractivity contribution in [2.24, 2.45) is 0 Å². The number of nitrogens with zero attached hydrogens (tertiary/aromatic N) is 1. The number of hydrogen-bond donors (Lipinski definition) is 1. The largest absolute Gasteiger partial charge is 0.573 e. The van der Waals surface area contributed by atoms with Crippen molar-refractivity contribution >= 4 is 40.7 Å². The van der Waals surface area contributed by atoms with Crippen LogP contribution in [0.25, 0.3) is 0 Å². The summed E-state index contributed by atoms with van der Waals surface area (Å²) in [4.78, 5) is 1.89. The number of rotatable bonds is 4. The summed E-state index contributed by atoms with van der Waals surface area (Å²) in [6.07, 6.45) is -4.80. The molecule has 0 saturated carbocycles. The van der Waals surface area contributed by atoms with Crippen LogP contribution in [0.2, 0.25) is 0 Å². The smallest absolute Gasteiger partial charge is 0.406 e. The van der Waals surface area contributed by atoms with E-state index in [1.54, 1.807) is 0 Å². The van der Waals surface area contributed by atoms with Crippen LogP contribution >= 0.6 is 40.7 Å². The van der Waals surface area contributed by atoms with Crippen molar-refractivity contribution in [1.82, 2.24) is 10.2 Å². The maximum absolute atomic E-state index is 14.8. The van der Waals surface area contributed by atoms with E-state index in [2.05, 4.69) is 26.0 Å². The van der Waals surface area contributed by atoms with Gasteiger partial charge in [-0.3, -0.25) is 4.90 Å². The first kappa shape index (κ1) is 25.9. The Balaban J connectivity index is 0.00000210. The summed E-state index contributed by atoms with van der Waals surface area (Å²) in [5.41, 5.74) is 0.332. The fourth-order valence-electron chi connectivity index (χ4n) is 3.15. The summed E-state index contributed by atoms with van der Waals surface area (Å²) in [6, 6.07) is 6.76. The molecule has 1 N–H and O–H groups in total. The molecule has 0 amide bonds. The van der Waals surface area contributed by atoms with E-state index in [1.807, 2.05) is 4.90 Å². The Morgan fingerprint density at radius 3 is 2.10 bits per heavy atom. The predicted molar refractivity (Wildman–Crippen MR) is 108 cm³/mol. The molecule has 0 unspecified atom stereocenters. The topological polar surface area (TPSA) is 24.5 Å². The Bertz CT molecular complexity index is 802. The molecular formula is C18H18BrCl2F5N2O. The zero-order chi connectivity index (χ0) is 19.6. The van der Waals surface area contributed by atoms with Crippen molar-refractivity contribution < 1.29 is 26.7 Å². The maximum Gasteiger partial charge on any atom is 0.573 e. The quantitative estimate of drug-likeness (QED) is 0.425. The molecule has 11 heteroatoms. The number of alkyl halides is 3. The molecule has 0 bridgehead atoms. The van der Waals surface area contributed by atoms with Gasteiger partial charge < -0.3 is 10.1 Å². The molecule has 0 aromatic heterocycles. The van der Waals surface area contributed by atoms with Crippen molar-refractivity contribution in [3.05, 3.63) is 63.6 Å². The fraction of sp³-hybridized carbons (Fsp3) is 0.333. The van der Waals surface area contributed by atoms with Crippen LogP contribution in [-0.4, -0.2) is 37.4 Å². The van der Waals surface area contributed by atoms with Gasteiger partial charge in [0.1, 0.15) is 17.4 Å². The van der Waals surface area contributed by atoms with Crippen molar-refractivity contribution in [2.75, 3.05) is 26.2 Å². The molecule has 1 aliphatic rings. The lowest BCUT2D eigenvalue weighted by Crippen LogP contribution is -2.45. The number of piperazine rings is 1. The van der Waals surface area contributed by atoms with Gasteiger partial charge in [0.25, 0.3) is 0 Å². The zero-order valence-corrected chi connectivity index (χ0v) is 18.0. The van der Waals surface area contributed by atoms with Crippen LogP contribution in [0.4, 0.5) is 22.0 Å². The summed E-state index contributed by atoms with van der Waals surface area (Å²) in [7, 11) is 0. The van der Waals surface area contributed by atoms with Crippen molar-refractivity contribution in [3.63, 3.8) is 0 Å². The van der Waals surface area contributed by atoms with E-state index in [0.717, 1.165) is 12.1 Å². The standard InChI is InChI=1S/C18H16BrF5N2O.2ClH/c19-13-5-6-14(20)15(16(13)21)17(26-9-7-25-8-10-26)11-1-3-12(4-2-11)27-18(22,23)24;;/h1-6,17,25H,7-10H2;2*1H/t17-;;/m0../s1. The molecule has 1 fully saturated rings. The van der Waals surface area contributed by atoms with Gasteiger partial charge in [-0.2, -0.15) is 0 Å². The molecule has 1 atom stereocenters. The number of halogens is 8. The number of benzene rings is 2. The monoisotopic (exact) mass is 522 g/mol. The maximum atomic E-state index is 14.8. The normalized spacial score (nSPS) is 15.8. The zero-order valence-electron chi connectivity index (χ0n) is 14.8. The Morgan fingerprint density at radius 2 is 1.55 bits per heavy atom. The van der Waals surface area contributed by atoms with Gasteiger partial charge in [0.15, 0.2) is 0 Å². The van der Waals surface area contributed by atoms with E-state index in [0.29, 0.717) is 31.7 Å². The molecular weight excluding hydrogens is 506 g/mol. The third kappa shape index (κ3) is 6.42. The Hall–Kier alpha value is -1.13. The lowest BCUT2D eigenvalue weighted by Gasteiger charge is -2.36. The summed E-state index contributed by atoms with van der Waals surface area (Å²) >= 11 is 3.07. The average Bonchev–Trinajstić information content (AvgIpc) is 2.62. The first-order valence-electron chi connectivity index (χ1n) is 8.20. The molecule has 0 radical (unpaired) electrons. The van der Waals surface area contributed by atoms with Gasteiger partial charge in [0, 0.05) is 31.7 Å². The van der Waals surface area contributed by atoms with Crippen LogP contribution in [0.15, 0.2) is 40.9 Å². The Labute approximate surface area is 185 Å². The minimum absolute atomic E-state index is 0. The lowest BCUT2D eigenvalue weighted by molar-refractivity contribution is -0.274. The van der Waals surface area contributed by atoms with Crippen LogP contribution in [0.5, 0.6) is 5.75 Å². The van der Waals surface area contributed by atoms with E-state index in [1.165, 1.54) is 24.3 Å². The predicted octanol–water partition coefficient (Wildman–Crippen LogP) is 5.46. The Morgan fingerprint density at radius 1 is 0.966 bits per heavy atom. The fourth-order valence-corrected chi connectivity index (χ4v) is 3.49. The first-order valence-corrected chi connectivity index (χ1v) is 8.99. The molecule has 0 spiro atoms. The highest BCUT2D eigenvalue weighted by molar-refractivity contribution is 9.10. The highest BCUT2D eigenvalue weighted by atomic mass is 79.9. The molecule has 3 rings (SSSR count). The minimum Gasteiger partial charge on any atom is -0.406 e. The highest BCUT2D eigenvalue weighted by Gasteiger charge is 2.32. The second-order valence-corrected chi connectivity index (χ2v) is 6.92. The number of hydrogen-bond acceptors (Lipinski definition) is 3. The molecule has 1 saturated heterocycles. The molecule has 1 heterocycles. The second kappa shape index (κ2) is 10.8. The summed E-state index contributed by atoms with van der Waals surface area (Å²) in [5.74, 6) is -1.83. The third-order valence-corrected chi connectivity index (χ3v) is 4.91. The van der Waals surface area contributed by atoms with Gasteiger partial charge in [-0.25, -0.2) is 8.78 Å². The number of nitrogens with one attached hydrogen (secondary N) is 1. The summed E-state index contributed by atoms with van der Waals surface area (Å²) in [5, 5.41) is 3.16. The van der Waals surface area contributed by atoms with E-state index in [9.17, 15) is 22.0 Å². The third-order valence-electron chi connectivity index (χ3n) is 4.30. The average molecular weight is 524 g/mol. The van der Waals surface area contributed by atoms with E-state index in [-0.39, 0.29) is 40.6 Å². The van der Waals surface area contributed by atoms with Gasteiger partial charge in [-0.05, 0) is 45.8 Å². The molecule has 162 valence electrons. The van der Waals surface area contributed by atoms with Gasteiger partial charge in [0.2, 0.25) is 0 Å².